The average molecular weight is 429 g/mol. The molecule has 0 unspecified atom stereocenters. The van der Waals surface area contributed by atoms with Crippen molar-refractivity contribution in [3.05, 3.63) is 51.6 Å². The summed E-state index contributed by atoms with van der Waals surface area (Å²) in [5.74, 6) is -2.07. The summed E-state index contributed by atoms with van der Waals surface area (Å²) in [5.41, 5.74) is 6.66. The van der Waals surface area contributed by atoms with Crippen molar-refractivity contribution in [3.8, 4) is 11.5 Å². The number of aliphatic hydroxyl groups excluding tert-OH is 2. The number of aromatic hydroxyl groups is 2. The minimum Gasteiger partial charge on any atom is -0.507 e. The number of carbonyl (C=O) groups excluding carboxylic acids is 2. The molecule has 0 radical (unpaired) electrons. The van der Waals surface area contributed by atoms with E-state index in [4.69, 9.17) is 15.9 Å². The smallest absolute Gasteiger partial charge is 0.198 e. The Hall–Kier alpha value is -2.98. The fourth-order valence-electron chi connectivity index (χ4n) is 3.86. The molecule has 0 amide bonds. The number of fused-ring (bicyclic) bond motifs is 2. The number of carbonyl (C=O) groups is 2. The van der Waals surface area contributed by atoms with Crippen LogP contribution in [0.15, 0.2) is 18.2 Å². The second-order valence-electron chi connectivity index (χ2n) is 7.32. The molecule has 9 nitrogen and oxygen atoms in total. The van der Waals surface area contributed by atoms with E-state index in [0.717, 1.165) is 6.07 Å². The van der Waals surface area contributed by atoms with Gasteiger partial charge < -0.3 is 36.8 Å². The summed E-state index contributed by atoms with van der Waals surface area (Å²) in [5, 5.41) is 44.7. The second-order valence-corrected chi connectivity index (χ2v) is 7.32. The van der Waals surface area contributed by atoms with Crippen molar-refractivity contribution in [2.24, 2.45) is 0 Å². The third-order valence-corrected chi connectivity index (χ3v) is 5.31. The summed E-state index contributed by atoms with van der Waals surface area (Å²) in [6.45, 7) is 1.73. The zero-order valence-corrected chi connectivity index (χ0v) is 17.1. The Morgan fingerprint density at radius 1 is 0.742 bits per heavy atom. The standard InChI is InChI=1S/C22H27N3O6/c23-14-11-15(28)18-19(20(14)29)22(31)17-13(4-6-25-8-10-27)2-1-12(16(17)21(18)30)3-5-24-7-9-26/h1-2,11,24-29H,3-10,23H2. The molecule has 166 valence electrons. The van der Waals surface area contributed by atoms with E-state index in [1.54, 1.807) is 12.1 Å². The highest BCUT2D eigenvalue weighted by molar-refractivity contribution is 6.31. The van der Waals surface area contributed by atoms with Gasteiger partial charge in [0.1, 0.15) is 5.75 Å². The number of nitrogens with one attached hydrogen (secondary N) is 2. The van der Waals surface area contributed by atoms with Gasteiger partial charge in [-0.15, -0.1) is 0 Å². The maximum Gasteiger partial charge on any atom is 0.198 e. The normalized spacial score (nSPS) is 12.7. The molecule has 0 atom stereocenters. The van der Waals surface area contributed by atoms with Gasteiger partial charge in [-0.3, -0.25) is 9.59 Å². The molecule has 8 N–H and O–H groups in total. The van der Waals surface area contributed by atoms with Gasteiger partial charge in [-0.2, -0.15) is 0 Å². The van der Waals surface area contributed by atoms with E-state index in [-0.39, 0.29) is 41.2 Å². The number of hydrogen-bond acceptors (Lipinski definition) is 9. The van der Waals surface area contributed by atoms with Gasteiger partial charge in [-0.05, 0) is 37.1 Å². The lowest BCUT2D eigenvalue weighted by atomic mass is 9.77. The first kappa shape index (κ1) is 22.7. The zero-order valence-electron chi connectivity index (χ0n) is 17.1. The number of rotatable bonds is 10. The molecule has 0 aromatic heterocycles. The summed E-state index contributed by atoms with van der Waals surface area (Å²) >= 11 is 0. The third kappa shape index (κ3) is 4.40. The zero-order chi connectivity index (χ0) is 22.5. The molecule has 1 aliphatic rings. The number of anilines is 1. The molecule has 0 saturated carbocycles. The van der Waals surface area contributed by atoms with Crippen LogP contribution in [-0.4, -0.2) is 71.4 Å². The van der Waals surface area contributed by atoms with Crippen LogP contribution < -0.4 is 16.4 Å². The van der Waals surface area contributed by atoms with Gasteiger partial charge >= 0.3 is 0 Å². The summed E-state index contributed by atoms with van der Waals surface area (Å²) in [4.78, 5) is 26.8. The van der Waals surface area contributed by atoms with Crippen LogP contribution in [0.1, 0.15) is 43.0 Å². The molecule has 2 aromatic carbocycles. The van der Waals surface area contributed by atoms with Crippen molar-refractivity contribution in [3.63, 3.8) is 0 Å². The first-order valence-corrected chi connectivity index (χ1v) is 10.1. The van der Waals surface area contributed by atoms with Gasteiger partial charge in [0.2, 0.25) is 0 Å². The molecule has 0 fully saturated rings. The molecule has 2 aromatic rings. The van der Waals surface area contributed by atoms with Crippen molar-refractivity contribution in [1.82, 2.24) is 10.6 Å². The first-order chi connectivity index (χ1) is 14.9. The van der Waals surface area contributed by atoms with Crippen molar-refractivity contribution in [1.29, 1.82) is 0 Å². The minimum atomic E-state index is -0.563. The van der Waals surface area contributed by atoms with Crippen LogP contribution in [0.2, 0.25) is 0 Å². The summed E-state index contributed by atoms with van der Waals surface area (Å²) in [6.07, 6.45) is 0.857. The summed E-state index contributed by atoms with van der Waals surface area (Å²) in [7, 11) is 0. The predicted octanol–water partition coefficient (Wildman–Crippen LogP) is -0.296. The number of hydrogen-bond donors (Lipinski definition) is 7. The Kier molecular flexibility index (Phi) is 7.24. The fraction of sp³-hybridized carbons (Fsp3) is 0.364. The lowest BCUT2D eigenvalue weighted by Crippen LogP contribution is -2.28. The largest absolute Gasteiger partial charge is 0.507 e. The summed E-state index contributed by atoms with van der Waals surface area (Å²) < 4.78 is 0. The van der Waals surface area contributed by atoms with Gasteiger partial charge in [0.15, 0.2) is 17.3 Å². The fourth-order valence-corrected chi connectivity index (χ4v) is 3.86. The highest BCUT2D eigenvalue weighted by atomic mass is 16.3. The molecule has 0 aliphatic heterocycles. The van der Waals surface area contributed by atoms with Crippen LogP contribution in [0, 0.1) is 0 Å². The third-order valence-electron chi connectivity index (χ3n) is 5.31. The minimum absolute atomic E-state index is 0.0166. The Morgan fingerprint density at radius 2 is 1.23 bits per heavy atom. The lowest BCUT2D eigenvalue weighted by molar-refractivity contribution is 0.0972. The number of phenols is 2. The van der Waals surface area contributed by atoms with Crippen molar-refractivity contribution >= 4 is 17.3 Å². The molecule has 3 rings (SSSR count). The van der Waals surface area contributed by atoms with E-state index in [9.17, 15) is 19.8 Å². The molecular weight excluding hydrogens is 402 g/mol. The van der Waals surface area contributed by atoms with E-state index in [1.165, 1.54) is 0 Å². The van der Waals surface area contributed by atoms with E-state index in [0.29, 0.717) is 50.1 Å². The number of ketones is 2. The Balaban J connectivity index is 2.10. The van der Waals surface area contributed by atoms with Crippen LogP contribution >= 0.6 is 0 Å². The lowest BCUT2D eigenvalue weighted by Gasteiger charge is -2.25. The van der Waals surface area contributed by atoms with Crippen LogP contribution in [0.3, 0.4) is 0 Å². The van der Waals surface area contributed by atoms with Gasteiger partial charge in [0.05, 0.1) is 30.0 Å². The quantitative estimate of drug-likeness (QED) is 0.0992. The predicted molar refractivity (Wildman–Crippen MR) is 115 cm³/mol. The highest BCUT2D eigenvalue weighted by Crippen LogP contribution is 2.42. The Labute approximate surface area is 179 Å². The van der Waals surface area contributed by atoms with E-state index in [2.05, 4.69) is 10.6 Å². The number of aliphatic hydroxyl groups is 2. The number of benzene rings is 2. The molecule has 9 heteroatoms. The van der Waals surface area contributed by atoms with Gasteiger partial charge in [-0.25, -0.2) is 0 Å². The molecule has 0 spiro atoms. The van der Waals surface area contributed by atoms with E-state index >= 15 is 0 Å². The summed E-state index contributed by atoms with van der Waals surface area (Å²) in [6, 6.07) is 4.63. The van der Waals surface area contributed by atoms with Crippen molar-refractivity contribution in [2.75, 3.05) is 45.1 Å². The van der Waals surface area contributed by atoms with Crippen LogP contribution in [0.25, 0.3) is 0 Å². The van der Waals surface area contributed by atoms with Gasteiger partial charge in [0.25, 0.3) is 0 Å². The van der Waals surface area contributed by atoms with Gasteiger partial charge in [0, 0.05) is 30.3 Å². The van der Waals surface area contributed by atoms with Crippen LogP contribution in [-0.2, 0) is 12.8 Å². The molecule has 31 heavy (non-hydrogen) atoms. The number of nitrogens with two attached hydrogens (primary N) is 1. The molecular formula is C22H27N3O6. The maximum atomic E-state index is 13.4. The van der Waals surface area contributed by atoms with Crippen molar-refractivity contribution in [2.45, 2.75) is 12.8 Å². The average Bonchev–Trinajstić information content (AvgIpc) is 2.75. The van der Waals surface area contributed by atoms with Gasteiger partial charge in [-0.1, -0.05) is 12.1 Å². The maximum absolute atomic E-state index is 13.4. The van der Waals surface area contributed by atoms with Crippen molar-refractivity contribution < 1.29 is 30.0 Å². The monoisotopic (exact) mass is 429 g/mol. The van der Waals surface area contributed by atoms with E-state index < -0.39 is 23.1 Å². The number of phenolic OH excluding ortho intramolecular Hbond substituents is 2. The SMILES string of the molecule is Nc1cc(O)c2c(c1O)C(=O)c1c(CCNCCO)ccc(CCNCCO)c1C2=O. The topological polar surface area (TPSA) is 165 Å². The highest BCUT2D eigenvalue weighted by Gasteiger charge is 2.38. The number of nitrogen functional groups attached to an aromatic ring is 1. The van der Waals surface area contributed by atoms with Crippen LogP contribution in [0.5, 0.6) is 11.5 Å². The Bertz CT molecular complexity index is 1010. The first-order valence-electron chi connectivity index (χ1n) is 10.1. The molecule has 1 aliphatic carbocycles. The molecule has 0 bridgehead atoms. The molecule has 0 saturated heterocycles. The second kappa shape index (κ2) is 9.88. The van der Waals surface area contributed by atoms with E-state index in [1.807, 2.05) is 0 Å². The molecule has 0 heterocycles. The Morgan fingerprint density at radius 3 is 1.71 bits per heavy atom. The van der Waals surface area contributed by atoms with Crippen LogP contribution in [0.4, 0.5) is 5.69 Å².